The van der Waals surface area contributed by atoms with Crippen molar-refractivity contribution in [1.82, 2.24) is 0 Å². The van der Waals surface area contributed by atoms with Crippen LogP contribution in [-0.4, -0.2) is 23.4 Å². The Morgan fingerprint density at radius 1 is 1.12 bits per heavy atom. The van der Waals surface area contributed by atoms with Gasteiger partial charge < -0.3 is 9.84 Å². The second-order valence-corrected chi connectivity index (χ2v) is 10.0. The quantitative estimate of drug-likeness (QED) is 0.440. The van der Waals surface area contributed by atoms with Crippen LogP contribution in [0.1, 0.15) is 80.9 Å². The monoisotopic (exact) mass is 456 g/mol. The van der Waals surface area contributed by atoms with E-state index in [1.807, 2.05) is 24.3 Å². The normalized spacial score (nSPS) is 23.5. The zero-order valence-corrected chi connectivity index (χ0v) is 19.5. The molecule has 2 saturated carbocycles. The fourth-order valence-corrected chi connectivity index (χ4v) is 5.37. The summed E-state index contributed by atoms with van der Waals surface area (Å²) in [6.45, 7) is 3.82. The number of aryl methyl sites for hydroxylation is 1. The van der Waals surface area contributed by atoms with Crippen LogP contribution in [0.15, 0.2) is 42.5 Å². The Hall–Kier alpha value is -2.43. The van der Waals surface area contributed by atoms with Crippen molar-refractivity contribution in [1.29, 1.82) is 0 Å². The third-order valence-corrected chi connectivity index (χ3v) is 7.55. The summed E-state index contributed by atoms with van der Waals surface area (Å²) in [4.78, 5) is 11.5. The average molecular weight is 457 g/mol. The van der Waals surface area contributed by atoms with Crippen LogP contribution >= 0.6 is 0 Å². The Bertz CT molecular complexity index is 975. The number of hydrogen-bond donors (Lipinski definition) is 1. The lowest BCUT2D eigenvalue weighted by molar-refractivity contribution is -0.151. The van der Waals surface area contributed by atoms with E-state index >= 15 is 4.39 Å². The number of carboxylic acid groups (broad SMARTS) is 1. The lowest BCUT2D eigenvalue weighted by atomic mass is 9.78. The van der Waals surface area contributed by atoms with Crippen LogP contribution in [-0.2, 0) is 11.2 Å². The zero-order chi connectivity index (χ0) is 23.6. The fraction of sp³-hybridized carbons (Fsp3) is 0.536. The molecule has 0 aromatic heterocycles. The first-order valence-corrected chi connectivity index (χ1v) is 12.2. The van der Waals surface area contributed by atoms with Crippen LogP contribution in [0.4, 0.5) is 8.78 Å². The number of ether oxygens (including phenoxy) is 1. The van der Waals surface area contributed by atoms with Gasteiger partial charge in [0.25, 0.3) is 0 Å². The minimum absolute atomic E-state index is 0.0632. The van der Waals surface area contributed by atoms with Crippen molar-refractivity contribution in [3.8, 4) is 5.75 Å². The molecule has 2 aliphatic rings. The predicted octanol–water partition coefficient (Wildman–Crippen LogP) is 7.05. The average Bonchev–Trinajstić information content (AvgIpc) is 3.63. The van der Waals surface area contributed by atoms with Gasteiger partial charge in [-0.25, -0.2) is 13.6 Å². The Morgan fingerprint density at radius 2 is 1.85 bits per heavy atom. The zero-order valence-electron chi connectivity index (χ0n) is 19.5. The molecule has 2 aromatic rings. The fourth-order valence-electron chi connectivity index (χ4n) is 5.37. The molecule has 33 heavy (non-hydrogen) atoms. The summed E-state index contributed by atoms with van der Waals surface area (Å²) in [5.41, 5.74) is 0.411. The van der Waals surface area contributed by atoms with E-state index in [2.05, 4.69) is 6.92 Å². The van der Waals surface area contributed by atoms with Crippen molar-refractivity contribution in [2.75, 3.05) is 6.61 Å². The van der Waals surface area contributed by atoms with Gasteiger partial charge in [-0.15, -0.1) is 0 Å². The SMILES string of the molecule is CCc1ccc(F)c([C@H]2CC[C@H](COc3cccc(C(C4CC4)C(C)(F)C(=O)O)c3)CC2)c1. The van der Waals surface area contributed by atoms with E-state index in [1.165, 1.54) is 12.5 Å². The highest BCUT2D eigenvalue weighted by Gasteiger charge is 2.50. The molecular formula is C28H34F2O3. The molecule has 0 bridgehead atoms. The van der Waals surface area contributed by atoms with Gasteiger partial charge in [0, 0.05) is 5.92 Å². The van der Waals surface area contributed by atoms with Gasteiger partial charge in [-0.3, -0.25) is 0 Å². The van der Waals surface area contributed by atoms with E-state index in [0.717, 1.165) is 50.5 Å². The molecule has 0 aliphatic heterocycles. The van der Waals surface area contributed by atoms with E-state index in [9.17, 15) is 14.3 Å². The van der Waals surface area contributed by atoms with Crippen LogP contribution in [0.25, 0.3) is 0 Å². The molecule has 178 valence electrons. The van der Waals surface area contributed by atoms with E-state index in [-0.39, 0.29) is 17.7 Å². The second kappa shape index (κ2) is 9.82. The number of benzene rings is 2. The molecule has 2 aromatic carbocycles. The van der Waals surface area contributed by atoms with Crippen LogP contribution in [0, 0.1) is 17.7 Å². The first-order valence-electron chi connectivity index (χ1n) is 12.2. The highest BCUT2D eigenvalue weighted by Crippen LogP contribution is 2.50. The Labute approximate surface area is 195 Å². The summed E-state index contributed by atoms with van der Waals surface area (Å²) in [5, 5.41) is 9.41. The van der Waals surface area contributed by atoms with Crippen molar-refractivity contribution in [2.45, 2.75) is 76.3 Å². The first-order chi connectivity index (χ1) is 15.8. The summed E-state index contributed by atoms with van der Waals surface area (Å²) in [7, 11) is 0. The maximum atomic E-state index is 15.0. The summed E-state index contributed by atoms with van der Waals surface area (Å²) in [6.07, 6.45) is 6.46. The van der Waals surface area contributed by atoms with Crippen LogP contribution < -0.4 is 4.74 Å². The second-order valence-electron chi connectivity index (χ2n) is 10.0. The third kappa shape index (κ3) is 5.39. The Kier molecular flexibility index (Phi) is 7.06. The van der Waals surface area contributed by atoms with E-state index in [4.69, 9.17) is 4.74 Å². The largest absolute Gasteiger partial charge is 0.493 e. The lowest BCUT2D eigenvalue weighted by Gasteiger charge is -2.30. The smallest absolute Gasteiger partial charge is 0.341 e. The topological polar surface area (TPSA) is 46.5 Å². The molecule has 2 fully saturated rings. The van der Waals surface area contributed by atoms with Gasteiger partial charge in [-0.2, -0.15) is 0 Å². The molecule has 3 nitrogen and oxygen atoms in total. The molecule has 0 radical (unpaired) electrons. The lowest BCUT2D eigenvalue weighted by Crippen LogP contribution is -2.38. The Balaban J connectivity index is 1.36. The molecule has 0 saturated heterocycles. The molecule has 1 N–H and O–H groups in total. The summed E-state index contributed by atoms with van der Waals surface area (Å²) in [5.74, 6) is -0.807. The maximum absolute atomic E-state index is 15.0. The van der Waals surface area contributed by atoms with Gasteiger partial charge in [0.1, 0.15) is 11.6 Å². The number of halogens is 2. The Morgan fingerprint density at radius 3 is 2.48 bits per heavy atom. The van der Waals surface area contributed by atoms with Crippen molar-refractivity contribution < 1.29 is 23.4 Å². The maximum Gasteiger partial charge on any atom is 0.341 e. The molecule has 4 rings (SSSR count). The van der Waals surface area contributed by atoms with Gasteiger partial charge in [-0.1, -0.05) is 31.2 Å². The van der Waals surface area contributed by atoms with Gasteiger partial charge in [0.2, 0.25) is 5.67 Å². The molecule has 0 amide bonds. The molecule has 5 heteroatoms. The molecule has 0 heterocycles. The highest BCUT2D eigenvalue weighted by molar-refractivity contribution is 5.78. The molecule has 2 atom stereocenters. The minimum Gasteiger partial charge on any atom is -0.493 e. The highest BCUT2D eigenvalue weighted by atomic mass is 19.1. The molecule has 0 spiro atoms. The van der Waals surface area contributed by atoms with Crippen molar-refractivity contribution in [3.05, 3.63) is 65.0 Å². The molecular weight excluding hydrogens is 422 g/mol. The number of alkyl halides is 1. The van der Waals surface area contributed by atoms with E-state index in [1.54, 1.807) is 18.2 Å². The minimum atomic E-state index is -2.30. The van der Waals surface area contributed by atoms with E-state index < -0.39 is 17.6 Å². The van der Waals surface area contributed by atoms with Crippen molar-refractivity contribution in [3.63, 3.8) is 0 Å². The predicted molar refractivity (Wildman–Crippen MR) is 125 cm³/mol. The summed E-state index contributed by atoms with van der Waals surface area (Å²) < 4.78 is 35.5. The number of rotatable bonds is 9. The van der Waals surface area contributed by atoms with Gasteiger partial charge in [0.05, 0.1) is 6.61 Å². The van der Waals surface area contributed by atoms with Crippen LogP contribution in [0.5, 0.6) is 5.75 Å². The standard InChI is InChI=1S/C28H34F2O3/c1-3-18-9-14-25(29)24(15-18)20-10-7-19(8-11-20)17-33-23-6-4-5-22(16-23)26(21-12-13-21)28(2,30)27(31)32/h4-6,9,14-16,19-21,26H,3,7-8,10-13,17H2,1-2H3,(H,31,32)/t19-,20-,26?,28?. The molecule has 2 aliphatic carbocycles. The van der Waals surface area contributed by atoms with Crippen molar-refractivity contribution >= 4 is 5.97 Å². The third-order valence-electron chi connectivity index (χ3n) is 7.55. The number of carboxylic acids is 1. The number of carbonyl (C=O) groups is 1. The van der Waals surface area contributed by atoms with Crippen LogP contribution in [0.3, 0.4) is 0 Å². The van der Waals surface area contributed by atoms with E-state index in [0.29, 0.717) is 23.8 Å². The van der Waals surface area contributed by atoms with Gasteiger partial charge >= 0.3 is 5.97 Å². The van der Waals surface area contributed by atoms with Crippen LogP contribution in [0.2, 0.25) is 0 Å². The number of aliphatic carboxylic acids is 1. The summed E-state index contributed by atoms with van der Waals surface area (Å²) >= 11 is 0. The molecule has 2 unspecified atom stereocenters. The first kappa shape index (κ1) is 23.7. The van der Waals surface area contributed by atoms with Crippen molar-refractivity contribution in [2.24, 2.45) is 11.8 Å². The van der Waals surface area contributed by atoms with Gasteiger partial charge in [-0.05, 0) is 105 Å². The number of hydrogen-bond acceptors (Lipinski definition) is 2. The van der Waals surface area contributed by atoms with Gasteiger partial charge in [0.15, 0.2) is 0 Å². The summed E-state index contributed by atoms with van der Waals surface area (Å²) in [6, 6.07) is 12.8.